The fraction of sp³-hybridized carbons (Fsp3) is 0.462. The number of hydrogen-bond donors (Lipinski definition) is 1. The van der Waals surface area contributed by atoms with Crippen molar-refractivity contribution < 1.29 is 14.6 Å². The Bertz CT molecular complexity index is 413. The van der Waals surface area contributed by atoms with Crippen LogP contribution < -0.4 is 4.74 Å². The third kappa shape index (κ3) is 2.75. The van der Waals surface area contributed by atoms with E-state index in [1.165, 1.54) is 0 Å². The summed E-state index contributed by atoms with van der Waals surface area (Å²) >= 11 is 1.62. The number of thioether (sulfide) groups is 1. The zero-order chi connectivity index (χ0) is 12.3. The Morgan fingerprint density at radius 2 is 2.18 bits per heavy atom. The van der Waals surface area contributed by atoms with Gasteiger partial charge >= 0.3 is 5.97 Å². The van der Waals surface area contributed by atoms with Gasteiger partial charge in [-0.2, -0.15) is 0 Å². The van der Waals surface area contributed by atoms with Crippen LogP contribution in [0.4, 0.5) is 0 Å². The van der Waals surface area contributed by atoms with Gasteiger partial charge in [0, 0.05) is 4.90 Å². The van der Waals surface area contributed by atoms with E-state index in [-0.39, 0.29) is 6.42 Å². The van der Waals surface area contributed by atoms with Gasteiger partial charge < -0.3 is 9.84 Å². The molecule has 0 bridgehead atoms. The molecule has 17 heavy (non-hydrogen) atoms. The zero-order valence-electron chi connectivity index (χ0n) is 9.81. The highest BCUT2D eigenvalue weighted by Crippen LogP contribution is 2.41. The van der Waals surface area contributed by atoms with Crippen LogP contribution in [-0.2, 0) is 4.79 Å². The first-order valence-electron chi connectivity index (χ1n) is 5.69. The van der Waals surface area contributed by atoms with Crippen LogP contribution in [0.3, 0.4) is 0 Å². The number of aliphatic carboxylic acids is 1. The number of benzene rings is 1. The normalized spacial score (nSPS) is 17.2. The van der Waals surface area contributed by atoms with E-state index in [0.29, 0.717) is 0 Å². The van der Waals surface area contributed by atoms with Crippen molar-refractivity contribution in [2.24, 2.45) is 0 Å². The lowest BCUT2D eigenvalue weighted by atomic mass is 9.77. The van der Waals surface area contributed by atoms with Crippen molar-refractivity contribution in [3.63, 3.8) is 0 Å². The average molecular weight is 252 g/mol. The number of carboxylic acids is 1. The van der Waals surface area contributed by atoms with E-state index < -0.39 is 11.6 Å². The minimum absolute atomic E-state index is 0.0930. The first-order valence-corrected chi connectivity index (χ1v) is 6.91. The van der Waals surface area contributed by atoms with E-state index in [0.717, 1.165) is 29.9 Å². The van der Waals surface area contributed by atoms with E-state index in [9.17, 15) is 4.79 Å². The van der Waals surface area contributed by atoms with E-state index in [4.69, 9.17) is 9.84 Å². The van der Waals surface area contributed by atoms with Crippen LogP contribution in [0.15, 0.2) is 29.2 Å². The lowest BCUT2D eigenvalue weighted by molar-refractivity contribution is -0.144. The molecule has 1 aliphatic rings. The molecule has 92 valence electrons. The predicted molar refractivity (Wildman–Crippen MR) is 67.7 cm³/mol. The second-order valence-corrected chi connectivity index (χ2v) is 5.21. The van der Waals surface area contributed by atoms with E-state index >= 15 is 0 Å². The first-order chi connectivity index (χ1) is 8.15. The van der Waals surface area contributed by atoms with Crippen LogP contribution in [0.5, 0.6) is 5.75 Å². The minimum Gasteiger partial charge on any atom is -0.486 e. The van der Waals surface area contributed by atoms with Gasteiger partial charge in [-0.05, 0) is 37.7 Å². The second kappa shape index (κ2) is 5.00. The van der Waals surface area contributed by atoms with Crippen molar-refractivity contribution in [3.05, 3.63) is 24.3 Å². The lowest BCUT2D eigenvalue weighted by Gasteiger charge is -2.41. The molecule has 1 N–H and O–H groups in total. The highest BCUT2D eigenvalue weighted by molar-refractivity contribution is 7.98. The van der Waals surface area contributed by atoms with Gasteiger partial charge in [0.15, 0.2) is 0 Å². The fourth-order valence-corrected chi connectivity index (χ4v) is 2.62. The third-order valence-electron chi connectivity index (χ3n) is 3.13. The summed E-state index contributed by atoms with van der Waals surface area (Å²) in [4.78, 5) is 11.9. The molecule has 1 fully saturated rings. The van der Waals surface area contributed by atoms with Gasteiger partial charge in [-0.3, -0.25) is 4.79 Å². The maximum Gasteiger partial charge on any atom is 0.307 e. The molecule has 1 aromatic carbocycles. The topological polar surface area (TPSA) is 46.5 Å². The second-order valence-electron chi connectivity index (χ2n) is 4.36. The molecule has 1 aromatic rings. The number of rotatable bonds is 5. The molecular formula is C13H16O3S. The highest BCUT2D eigenvalue weighted by atomic mass is 32.2. The van der Waals surface area contributed by atoms with Crippen molar-refractivity contribution in [1.29, 1.82) is 0 Å². The molecule has 0 saturated heterocycles. The molecule has 0 aliphatic heterocycles. The van der Waals surface area contributed by atoms with Crippen molar-refractivity contribution in [1.82, 2.24) is 0 Å². The van der Waals surface area contributed by atoms with Gasteiger partial charge in [-0.15, -0.1) is 11.8 Å². The molecule has 0 radical (unpaired) electrons. The summed E-state index contributed by atoms with van der Waals surface area (Å²) in [6.07, 6.45) is 4.81. The lowest BCUT2D eigenvalue weighted by Crippen LogP contribution is -2.45. The van der Waals surface area contributed by atoms with E-state index in [1.54, 1.807) is 11.8 Å². The third-order valence-corrected chi connectivity index (χ3v) is 3.91. The van der Waals surface area contributed by atoms with E-state index in [1.807, 2.05) is 30.5 Å². The summed E-state index contributed by atoms with van der Waals surface area (Å²) in [7, 11) is 0. The van der Waals surface area contributed by atoms with Crippen molar-refractivity contribution in [2.45, 2.75) is 36.2 Å². The van der Waals surface area contributed by atoms with Crippen LogP contribution >= 0.6 is 11.8 Å². The molecule has 2 rings (SSSR count). The van der Waals surface area contributed by atoms with Crippen molar-refractivity contribution >= 4 is 17.7 Å². The van der Waals surface area contributed by atoms with Crippen molar-refractivity contribution in [3.8, 4) is 5.75 Å². The zero-order valence-corrected chi connectivity index (χ0v) is 10.6. The van der Waals surface area contributed by atoms with Gasteiger partial charge in [-0.1, -0.05) is 12.1 Å². The Hall–Kier alpha value is -1.16. The Morgan fingerprint density at radius 1 is 1.47 bits per heavy atom. The van der Waals surface area contributed by atoms with Gasteiger partial charge in [0.1, 0.15) is 11.4 Å². The molecule has 0 atom stereocenters. The monoisotopic (exact) mass is 252 g/mol. The number of hydrogen-bond acceptors (Lipinski definition) is 3. The summed E-state index contributed by atoms with van der Waals surface area (Å²) in [6, 6.07) is 7.78. The summed E-state index contributed by atoms with van der Waals surface area (Å²) in [5.74, 6) is 0.0206. The Balaban J connectivity index is 2.15. The molecule has 0 aromatic heterocycles. The summed E-state index contributed by atoms with van der Waals surface area (Å²) in [5, 5.41) is 8.93. The number of carbonyl (C=O) groups is 1. The first kappa shape index (κ1) is 12.3. The number of para-hydroxylation sites is 1. The molecule has 1 aliphatic carbocycles. The van der Waals surface area contributed by atoms with Gasteiger partial charge in [0.2, 0.25) is 0 Å². The van der Waals surface area contributed by atoms with Crippen LogP contribution in [0.2, 0.25) is 0 Å². The molecule has 0 unspecified atom stereocenters. The van der Waals surface area contributed by atoms with Gasteiger partial charge in [0.05, 0.1) is 6.42 Å². The molecule has 0 spiro atoms. The Morgan fingerprint density at radius 3 is 2.71 bits per heavy atom. The minimum atomic E-state index is -0.786. The SMILES string of the molecule is CSc1ccccc1OC1(CC(=O)O)CCC1. The summed E-state index contributed by atoms with van der Waals surface area (Å²) in [6.45, 7) is 0. The van der Waals surface area contributed by atoms with Crippen molar-refractivity contribution in [2.75, 3.05) is 6.26 Å². The highest BCUT2D eigenvalue weighted by Gasteiger charge is 2.41. The summed E-state index contributed by atoms with van der Waals surface area (Å²) < 4.78 is 5.97. The number of ether oxygens (including phenoxy) is 1. The molecule has 4 heteroatoms. The Labute approximate surface area is 105 Å². The molecule has 3 nitrogen and oxygen atoms in total. The summed E-state index contributed by atoms with van der Waals surface area (Å²) in [5.41, 5.74) is -0.475. The maximum atomic E-state index is 10.9. The van der Waals surface area contributed by atoms with Crippen LogP contribution in [-0.4, -0.2) is 22.9 Å². The number of carboxylic acid groups (broad SMARTS) is 1. The Kier molecular flexibility index (Phi) is 3.62. The molecule has 0 heterocycles. The smallest absolute Gasteiger partial charge is 0.307 e. The molecule has 1 saturated carbocycles. The molecular weight excluding hydrogens is 236 g/mol. The van der Waals surface area contributed by atoms with E-state index in [2.05, 4.69) is 0 Å². The van der Waals surface area contributed by atoms with Gasteiger partial charge in [-0.25, -0.2) is 0 Å². The predicted octanol–water partition coefficient (Wildman–Crippen LogP) is 3.18. The van der Waals surface area contributed by atoms with Crippen LogP contribution in [0, 0.1) is 0 Å². The van der Waals surface area contributed by atoms with Crippen LogP contribution in [0.1, 0.15) is 25.7 Å². The fourth-order valence-electron chi connectivity index (χ4n) is 2.10. The van der Waals surface area contributed by atoms with Gasteiger partial charge in [0.25, 0.3) is 0 Å². The molecule has 0 amide bonds. The van der Waals surface area contributed by atoms with Crippen LogP contribution in [0.25, 0.3) is 0 Å². The standard InChI is InChI=1S/C13H16O3S/c1-17-11-6-3-2-5-10(11)16-13(7-4-8-13)9-12(14)15/h2-3,5-6H,4,7-9H2,1H3,(H,14,15). The largest absolute Gasteiger partial charge is 0.486 e. The average Bonchev–Trinajstić information content (AvgIpc) is 2.26. The quantitative estimate of drug-likeness (QED) is 0.817. The maximum absolute atomic E-state index is 10.9.